The minimum atomic E-state index is -0.0767. The smallest absolute Gasteiger partial charge is 0.0809 e. The second-order valence-corrected chi connectivity index (χ2v) is 5.98. The van der Waals surface area contributed by atoms with Crippen molar-refractivity contribution in [3.8, 4) is 0 Å². The molecule has 0 radical (unpaired) electrons. The first-order valence-corrected chi connectivity index (χ1v) is 7.43. The molecule has 0 saturated heterocycles. The van der Waals surface area contributed by atoms with E-state index in [4.69, 9.17) is 0 Å². The van der Waals surface area contributed by atoms with Gasteiger partial charge in [-0.25, -0.2) is 0 Å². The lowest BCUT2D eigenvalue weighted by molar-refractivity contribution is 0.116. The van der Waals surface area contributed by atoms with Crippen LogP contribution in [0, 0.1) is 0 Å². The Kier molecular flexibility index (Phi) is 3.59. The molecule has 1 saturated carbocycles. The number of aliphatic hydroxyl groups excluding tert-OH is 1. The third-order valence-corrected chi connectivity index (χ3v) is 4.50. The fourth-order valence-corrected chi connectivity index (χ4v) is 3.33. The van der Waals surface area contributed by atoms with Crippen LogP contribution in [0.25, 0.3) is 10.2 Å². The van der Waals surface area contributed by atoms with Crippen molar-refractivity contribution < 1.29 is 5.11 Å². The van der Waals surface area contributed by atoms with E-state index >= 15 is 0 Å². The number of hydrogen-bond donors (Lipinski definition) is 2. The largest absolute Gasteiger partial charge is 0.393 e. The molecule has 0 bridgehead atoms. The standard InChI is InChI=1S/C14H18N2OS/c17-12-3-1-11(2-4-12)15-8-10-7-14-13(16-9-10)5-6-18-14/h5-7,9,11-12,15,17H,1-4,8H2. The Labute approximate surface area is 111 Å². The summed E-state index contributed by atoms with van der Waals surface area (Å²) in [6.45, 7) is 0.877. The molecule has 1 aliphatic rings. The zero-order valence-electron chi connectivity index (χ0n) is 10.3. The van der Waals surface area contributed by atoms with E-state index in [1.54, 1.807) is 11.3 Å². The minimum absolute atomic E-state index is 0.0767. The Hall–Kier alpha value is -0.970. The van der Waals surface area contributed by atoms with Crippen LogP contribution in [-0.4, -0.2) is 22.2 Å². The lowest BCUT2D eigenvalue weighted by Crippen LogP contribution is -2.34. The van der Waals surface area contributed by atoms with E-state index in [-0.39, 0.29) is 6.10 Å². The Bertz CT molecular complexity index is 517. The molecule has 0 atom stereocenters. The number of nitrogens with one attached hydrogen (secondary N) is 1. The summed E-state index contributed by atoms with van der Waals surface area (Å²) in [6, 6.07) is 4.82. The van der Waals surface area contributed by atoms with Crippen LogP contribution in [0.15, 0.2) is 23.7 Å². The highest BCUT2D eigenvalue weighted by molar-refractivity contribution is 7.17. The lowest BCUT2D eigenvalue weighted by atomic mass is 9.93. The molecule has 1 aliphatic carbocycles. The highest BCUT2D eigenvalue weighted by Gasteiger charge is 2.18. The molecule has 0 spiro atoms. The van der Waals surface area contributed by atoms with Crippen molar-refractivity contribution in [3.05, 3.63) is 29.3 Å². The van der Waals surface area contributed by atoms with E-state index in [2.05, 4.69) is 27.8 Å². The maximum Gasteiger partial charge on any atom is 0.0809 e. The summed E-state index contributed by atoms with van der Waals surface area (Å²) >= 11 is 1.74. The number of nitrogens with zero attached hydrogens (tertiary/aromatic N) is 1. The summed E-state index contributed by atoms with van der Waals surface area (Å²) in [6.07, 6.45) is 5.90. The SMILES string of the molecule is OC1CCC(NCc2cnc3ccsc3c2)CC1. The molecule has 18 heavy (non-hydrogen) atoms. The maximum absolute atomic E-state index is 9.47. The summed E-state index contributed by atoms with van der Waals surface area (Å²) in [5, 5.41) is 15.1. The molecule has 2 aromatic heterocycles. The third-order valence-electron chi connectivity index (χ3n) is 3.65. The number of fused-ring (bicyclic) bond motifs is 1. The van der Waals surface area contributed by atoms with E-state index in [9.17, 15) is 5.11 Å². The van der Waals surface area contributed by atoms with E-state index < -0.39 is 0 Å². The van der Waals surface area contributed by atoms with Crippen LogP contribution in [0.5, 0.6) is 0 Å². The van der Waals surface area contributed by atoms with Gasteiger partial charge in [0.2, 0.25) is 0 Å². The van der Waals surface area contributed by atoms with E-state index in [1.807, 2.05) is 6.20 Å². The number of rotatable bonds is 3. The van der Waals surface area contributed by atoms with Gasteiger partial charge in [0, 0.05) is 18.8 Å². The summed E-state index contributed by atoms with van der Waals surface area (Å²) < 4.78 is 1.26. The molecule has 2 heterocycles. The van der Waals surface area contributed by atoms with Gasteiger partial charge in [-0.1, -0.05) is 0 Å². The van der Waals surface area contributed by atoms with Gasteiger partial charge in [-0.15, -0.1) is 11.3 Å². The van der Waals surface area contributed by atoms with Crippen molar-refractivity contribution in [3.63, 3.8) is 0 Å². The van der Waals surface area contributed by atoms with Gasteiger partial charge in [-0.2, -0.15) is 0 Å². The fraction of sp³-hybridized carbons (Fsp3) is 0.500. The second kappa shape index (κ2) is 5.34. The molecule has 96 valence electrons. The van der Waals surface area contributed by atoms with Crippen molar-refractivity contribution in [1.82, 2.24) is 10.3 Å². The molecule has 3 nitrogen and oxygen atoms in total. The summed E-state index contributed by atoms with van der Waals surface area (Å²) in [7, 11) is 0. The van der Waals surface area contributed by atoms with Gasteiger partial charge < -0.3 is 10.4 Å². The predicted molar refractivity (Wildman–Crippen MR) is 74.7 cm³/mol. The normalized spacial score (nSPS) is 24.5. The van der Waals surface area contributed by atoms with Crippen LogP contribution in [0.4, 0.5) is 0 Å². The first-order chi connectivity index (χ1) is 8.81. The number of pyridine rings is 1. The number of thiophene rings is 1. The third kappa shape index (κ3) is 2.71. The molecule has 0 aromatic carbocycles. The Morgan fingerprint density at radius 2 is 2.17 bits per heavy atom. The van der Waals surface area contributed by atoms with Gasteiger partial charge in [0.25, 0.3) is 0 Å². The van der Waals surface area contributed by atoms with Crippen LogP contribution in [-0.2, 0) is 6.54 Å². The zero-order chi connectivity index (χ0) is 12.4. The van der Waals surface area contributed by atoms with E-state index in [1.165, 1.54) is 10.3 Å². The van der Waals surface area contributed by atoms with Crippen molar-refractivity contribution in [1.29, 1.82) is 0 Å². The van der Waals surface area contributed by atoms with Gasteiger partial charge in [0.1, 0.15) is 0 Å². The number of aliphatic hydroxyl groups is 1. The van der Waals surface area contributed by atoms with E-state index in [0.29, 0.717) is 6.04 Å². The molecule has 2 N–H and O–H groups in total. The van der Waals surface area contributed by atoms with Gasteiger partial charge in [0.05, 0.1) is 16.3 Å². The molecule has 0 unspecified atom stereocenters. The molecule has 2 aromatic rings. The van der Waals surface area contributed by atoms with Crippen molar-refractivity contribution in [2.45, 2.75) is 44.4 Å². The summed E-state index contributed by atoms with van der Waals surface area (Å²) in [5.41, 5.74) is 2.33. The Morgan fingerprint density at radius 1 is 1.33 bits per heavy atom. The molecule has 4 heteroatoms. The molecule has 1 fully saturated rings. The van der Waals surface area contributed by atoms with Crippen LogP contribution in [0.2, 0.25) is 0 Å². The minimum Gasteiger partial charge on any atom is -0.393 e. The van der Waals surface area contributed by atoms with Gasteiger partial charge >= 0.3 is 0 Å². The van der Waals surface area contributed by atoms with Gasteiger partial charge in [-0.3, -0.25) is 4.98 Å². The predicted octanol–water partition coefficient (Wildman–Crippen LogP) is 2.69. The quantitative estimate of drug-likeness (QED) is 0.894. The first-order valence-electron chi connectivity index (χ1n) is 6.55. The second-order valence-electron chi connectivity index (χ2n) is 5.03. The average Bonchev–Trinajstić information content (AvgIpc) is 2.85. The molecular formula is C14H18N2OS. The summed E-state index contributed by atoms with van der Waals surface area (Å²) in [5.74, 6) is 0. The van der Waals surface area contributed by atoms with Gasteiger partial charge in [-0.05, 0) is 48.8 Å². The molecule has 3 rings (SSSR count). The Balaban J connectivity index is 1.59. The van der Waals surface area contributed by atoms with Crippen LogP contribution in [0.1, 0.15) is 31.2 Å². The monoisotopic (exact) mass is 262 g/mol. The fourth-order valence-electron chi connectivity index (χ4n) is 2.53. The van der Waals surface area contributed by atoms with Gasteiger partial charge in [0.15, 0.2) is 0 Å². The first kappa shape index (κ1) is 12.1. The number of aromatic nitrogens is 1. The highest BCUT2D eigenvalue weighted by atomic mass is 32.1. The van der Waals surface area contributed by atoms with Crippen molar-refractivity contribution >= 4 is 21.6 Å². The van der Waals surface area contributed by atoms with Crippen molar-refractivity contribution in [2.24, 2.45) is 0 Å². The van der Waals surface area contributed by atoms with E-state index in [0.717, 1.165) is 37.7 Å². The van der Waals surface area contributed by atoms with Crippen molar-refractivity contribution in [2.75, 3.05) is 0 Å². The average molecular weight is 262 g/mol. The topological polar surface area (TPSA) is 45.1 Å². The zero-order valence-corrected chi connectivity index (χ0v) is 11.1. The summed E-state index contributed by atoms with van der Waals surface area (Å²) in [4.78, 5) is 4.45. The molecule has 0 amide bonds. The Morgan fingerprint density at radius 3 is 3.00 bits per heavy atom. The number of hydrogen-bond acceptors (Lipinski definition) is 4. The lowest BCUT2D eigenvalue weighted by Gasteiger charge is -2.26. The van der Waals surface area contributed by atoms with Crippen LogP contribution in [0.3, 0.4) is 0 Å². The van der Waals surface area contributed by atoms with Crippen LogP contribution >= 0.6 is 11.3 Å². The molecular weight excluding hydrogens is 244 g/mol. The molecule has 0 aliphatic heterocycles. The van der Waals surface area contributed by atoms with Crippen LogP contribution < -0.4 is 5.32 Å². The highest BCUT2D eigenvalue weighted by Crippen LogP contribution is 2.21. The maximum atomic E-state index is 9.47.